The molecule has 4 nitrogen and oxygen atoms in total. The van der Waals surface area contributed by atoms with Gasteiger partial charge in [0.05, 0.1) is 12.0 Å². The first-order chi connectivity index (χ1) is 8.43. The zero-order valence-electron chi connectivity index (χ0n) is 10.3. The molecule has 17 heavy (non-hydrogen) atoms. The van der Waals surface area contributed by atoms with Gasteiger partial charge < -0.3 is 14.6 Å². The van der Waals surface area contributed by atoms with Crippen LogP contribution in [0.15, 0.2) is 12.5 Å². The van der Waals surface area contributed by atoms with Crippen LogP contribution in [0.3, 0.4) is 0 Å². The fraction of sp³-hybridized carbons (Fsp3) is 0.769. The minimum atomic E-state index is 0.525. The molecule has 2 fully saturated rings. The number of nitrogens with one attached hydrogen (secondary N) is 1. The number of rotatable bonds is 3. The molecular weight excluding hydrogens is 214 g/mol. The minimum Gasteiger partial charge on any atom is -0.381 e. The summed E-state index contributed by atoms with van der Waals surface area (Å²) in [6.07, 6.45) is 8.94. The largest absolute Gasteiger partial charge is 0.381 e. The highest BCUT2D eigenvalue weighted by Gasteiger charge is 2.21. The van der Waals surface area contributed by atoms with Gasteiger partial charge in [0, 0.05) is 32.0 Å². The number of aromatic nitrogens is 2. The van der Waals surface area contributed by atoms with Crippen LogP contribution in [0.4, 0.5) is 0 Å². The minimum absolute atomic E-state index is 0.525. The van der Waals surface area contributed by atoms with Gasteiger partial charge in [-0.3, -0.25) is 0 Å². The molecule has 1 atom stereocenters. The summed E-state index contributed by atoms with van der Waals surface area (Å²) in [5.41, 5.74) is 1.37. The van der Waals surface area contributed by atoms with Crippen LogP contribution in [0.1, 0.15) is 37.4 Å². The van der Waals surface area contributed by atoms with Crippen molar-refractivity contribution >= 4 is 0 Å². The van der Waals surface area contributed by atoms with E-state index in [9.17, 15) is 0 Å². The van der Waals surface area contributed by atoms with Gasteiger partial charge in [-0.15, -0.1) is 0 Å². The molecule has 1 N–H and O–H groups in total. The van der Waals surface area contributed by atoms with Gasteiger partial charge in [-0.1, -0.05) is 0 Å². The van der Waals surface area contributed by atoms with Gasteiger partial charge in [0.15, 0.2) is 0 Å². The maximum Gasteiger partial charge on any atom is 0.0948 e. The first-order valence-electron chi connectivity index (χ1n) is 6.74. The first kappa shape index (κ1) is 11.2. The van der Waals surface area contributed by atoms with Crippen LogP contribution in [0.25, 0.3) is 0 Å². The van der Waals surface area contributed by atoms with E-state index in [0.29, 0.717) is 6.04 Å². The fourth-order valence-electron chi connectivity index (χ4n) is 2.92. The maximum absolute atomic E-state index is 5.41. The third-order valence-corrected chi connectivity index (χ3v) is 3.96. The van der Waals surface area contributed by atoms with Gasteiger partial charge in [0.1, 0.15) is 0 Å². The van der Waals surface area contributed by atoms with Crippen LogP contribution in [0, 0.1) is 5.92 Å². The summed E-state index contributed by atoms with van der Waals surface area (Å²) < 4.78 is 7.76. The topological polar surface area (TPSA) is 39.1 Å². The van der Waals surface area contributed by atoms with E-state index < -0.39 is 0 Å². The monoisotopic (exact) mass is 235 g/mol. The van der Waals surface area contributed by atoms with Gasteiger partial charge in [0.2, 0.25) is 0 Å². The van der Waals surface area contributed by atoms with Crippen LogP contribution >= 0.6 is 0 Å². The molecule has 4 heteroatoms. The zero-order chi connectivity index (χ0) is 11.5. The predicted molar refractivity (Wildman–Crippen MR) is 65.7 cm³/mol. The maximum atomic E-state index is 5.41. The standard InChI is InChI=1S/C13H21N3O/c1-2-12(15-5-1)13-8-14-10-16(13)9-11-3-6-17-7-4-11/h8,10-12,15H,1-7,9H2. The van der Waals surface area contributed by atoms with Crippen molar-refractivity contribution in [1.82, 2.24) is 14.9 Å². The van der Waals surface area contributed by atoms with Crippen LogP contribution in [-0.4, -0.2) is 29.3 Å². The second-order valence-electron chi connectivity index (χ2n) is 5.18. The van der Waals surface area contributed by atoms with Gasteiger partial charge in [-0.25, -0.2) is 4.98 Å². The van der Waals surface area contributed by atoms with Crippen LogP contribution in [-0.2, 0) is 11.3 Å². The number of nitrogens with zero attached hydrogens (tertiary/aromatic N) is 2. The highest BCUT2D eigenvalue weighted by molar-refractivity contribution is 5.07. The number of ether oxygens (including phenoxy) is 1. The lowest BCUT2D eigenvalue weighted by molar-refractivity contribution is 0.0609. The van der Waals surface area contributed by atoms with Gasteiger partial charge in [-0.2, -0.15) is 0 Å². The lowest BCUT2D eigenvalue weighted by Gasteiger charge is -2.24. The summed E-state index contributed by atoms with van der Waals surface area (Å²) in [7, 11) is 0. The normalized spacial score (nSPS) is 26.5. The summed E-state index contributed by atoms with van der Waals surface area (Å²) in [4.78, 5) is 4.32. The molecule has 2 aliphatic rings. The molecule has 94 valence electrons. The van der Waals surface area contributed by atoms with Crippen molar-refractivity contribution < 1.29 is 4.74 Å². The lowest BCUT2D eigenvalue weighted by atomic mass is 10.00. The van der Waals surface area contributed by atoms with E-state index >= 15 is 0 Å². The summed E-state index contributed by atoms with van der Waals surface area (Å²) in [5, 5.41) is 3.55. The molecule has 0 saturated carbocycles. The second kappa shape index (κ2) is 5.19. The zero-order valence-corrected chi connectivity index (χ0v) is 10.3. The van der Waals surface area contributed by atoms with Crippen molar-refractivity contribution in [3.8, 4) is 0 Å². The highest BCUT2D eigenvalue weighted by atomic mass is 16.5. The van der Waals surface area contributed by atoms with Gasteiger partial charge >= 0.3 is 0 Å². The van der Waals surface area contributed by atoms with Crippen molar-refractivity contribution in [1.29, 1.82) is 0 Å². The Labute approximate surface area is 102 Å². The molecule has 0 bridgehead atoms. The molecule has 0 aromatic carbocycles. The third-order valence-electron chi connectivity index (χ3n) is 3.96. The highest BCUT2D eigenvalue weighted by Crippen LogP contribution is 2.25. The molecule has 1 aromatic rings. The lowest BCUT2D eigenvalue weighted by Crippen LogP contribution is -2.23. The van der Waals surface area contributed by atoms with E-state index in [4.69, 9.17) is 4.74 Å². The Morgan fingerprint density at radius 2 is 2.24 bits per heavy atom. The van der Waals surface area contributed by atoms with E-state index in [0.717, 1.165) is 32.2 Å². The summed E-state index contributed by atoms with van der Waals surface area (Å²) in [6, 6.07) is 0.525. The molecule has 0 spiro atoms. The summed E-state index contributed by atoms with van der Waals surface area (Å²) >= 11 is 0. The van der Waals surface area contributed by atoms with Crippen molar-refractivity contribution in [2.24, 2.45) is 5.92 Å². The summed E-state index contributed by atoms with van der Waals surface area (Å²) in [6.45, 7) is 4.11. The van der Waals surface area contributed by atoms with E-state index in [2.05, 4.69) is 14.9 Å². The molecule has 0 aliphatic carbocycles. The van der Waals surface area contributed by atoms with Gasteiger partial charge in [-0.05, 0) is 38.1 Å². The average Bonchev–Trinajstić information content (AvgIpc) is 3.00. The van der Waals surface area contributed by atoms with Crippen LogP contribution in [0.2, 0.25) is 0 Å². The molecule has 3 rings (SSSR count). The quantitative estimate of drug-likeness (QED) is 0.867. The van der Waals surface area contributed by atoms with Crippen molar-refractivity contribution in [3.63, 3.8) is 0 Å². The molecule has 0 radical (unpaired) electrons. The number of imidazole rings is 1. The van der Waals surface area contributed by atoms with Crippen molar-refractivity contribution in [2.75, 3.05) is 19.8 Å². The Hall–Kier alpha value is -0.870. The second-order valence-corrected chi connectivity index (χ2v) is 5.18. The molecule has 1 aromatic heterocycles. The van der Waals surface area contributed by atoms with E-state index in [-0.39, 0.29) is 0 Å². The molecule has 3 heterocycles. The molecule has 1 unspecified atom stereocenters. The predicted octanol–water partition coefficient (Wildman–Crippen LogP) is 1.73. The Morgan fingerprint density at radius 3 is 3.00 bits per heavy atom. The first-order valence-corrected chi connectivity index (χ1v) is 6.74. The Bertz CT molecular complexity index is 351. The van der Waals surface area contributed by atoms with Crippen molar-refractivity contribution in [2.45, 2.75) is 38.3 Å². The van der Waals surface area contributed by atoms with Crippen LogP contribution < -0.4 is 5.32 Å². The van der Waals surface area contributed by atoms with E-state index in [1.807, 2.05) is 12.5 Å². The Balaban J connectivity index is 1.67. The smallest absolute Gasteiger partial charge is 0.0948 e. The van der Waals surface area contributed by atoms with Gasteiger partial charge in [0.25, 0.3) is 0 Å². The molecule has 2 saturated heterocycles. The number of hydrogen-bond donors (Lipinski definition) is 1. The SMILES string of the molecule is c1ncn(CC2CCOCC2)c1C1CCCN1. The molecule has 2 aliphatic heterocycles. The van der Waals surface area contributed by atoms with E-state index in [1.165, 1.54) is 31.4 Å². The van der Waals surface area contributed by atoms with E-state index in [1.54, 1.807) is 0 Å². The number of hydrogen-bond acceptors (Lipinski definition) is 3. The summed E-state index contributed by atoms with van der Waals surface area (Å²) in [5.74, 6) is 0.762. The molecular formula is C13H21N3O. The third kappa shape index (κ3) is 2.53. The Kier molecular flexibility index (Phi) is 3.43. The van der Waals surface area contributed by atoms with Crippen molar-refractivity contribution in [3.05, 3.63) is 18.2 Å². The average molecular weight is 235 g/mol. The fourth-order valence-corrected chi connectivity index (χ4v) is 2.92. The Morgan fingerprint density at radius 1 is 1.35 bits per heavy atom. The molecule has 0 amide bonds. The van der Waals surface area contributed by atoms with Crippen LogP contribution in [0.5, 0.6) is 0 Å².